The Bertz CT molecular complexity index is 1420. The van der Waals surface area contributed by atoms with Crippen LogP contribution in [0.4, 0.5) is 0 Å². The fourth-order valence-corrected chi connectivity index (χ4v) is 4.22. The zero-order valence-electron chi connectivity index (χ0n) is 19.3. The number of aromatic nitrogens is 4. The van der Waals surface area contributed by atoms with Crippen LogP contribution in [0.3, 0.4) is 0 Å². The van der Waals surface area contributed by atoms with Gasteiger partial charge in [0, 0.05) is 34.8 Å². The summed E-state index contributed by atoms with van der Waals surface area (Å²) >= 11 is 0. The molecular weight excluding hydrogens is 422 g/mol. The zero-order chi connectivity index (χ0) is 23.5. The van der Waals surface area contributed by atoms with E-state index in [-0.39, 0.29) is 5.78 Å². The first-order chi connectivity index (χ1) is 16.6. The maximum absolute atomic E-state index is 13.8. The average molecular weight is 450 g/mol. The van der Waals surface area contributed by atoms with Gasteiger partial charge in [0.2, 0.25) is 0 Å². The number of Topliss-reactive ketones (excluding diaryl/α,β-unsaturated/α-hetero) is 1. The lowest BCUT2D eigenvalue weighted by Crippen LogP contribution is -2.30. The predicted molar refractivity (Wildman–Crippen MR) is 135 cm³/mol. The second kappa shape index (κ2) is 9.45. The Kier molecular flexibility index (Phi) is 6.06. The number of nitrogens with one attached hydrogen (secondary N) is 3. The Morgan fingerprint density at radius 2 is 1.79 bits per heavy atom. The molecule has 0 spiro atoms. The van der Waals surface area contributed by atoms with Crippen molar-refractivity contribution in [2.45, 2.75) is 26.3 Å². The molecule has 0 radical (unpaired) electrons. The first-order valence-corrected chi connectivity index (χ1v) is 11.5. The highest BCUT2D eigenvalue weighted by molar-refractivity contribution is 6.11. The van der Waals surface area contributed by atoms with E-state index in [1.54, 1.807) is 6.20 Å². The number of aryl methyl sites for hydroxylation is 2. The normalized spacial score (nSPS) is 12.2. The van der Waals surface area contributed by atoms with Gasteiger partial charge in [-0.3, -0.25) is 9.89 Å². The summed E-state index contributed by atoms with van der Waals surface area (Å²) in [6, 6.07) is 23.9. The van der Waals surface area contributed by atoms with Crippen molar-refractivity contribution < 1.29 is 4.79 Å². The molecule has 5 aromatic rings. The average Bonchev–Trinajstić information content (AvgIpc) is 3.49. The van der Waals surface area contributed by atoms with Crippen molar-refractivity contribution in [3.05, 3.63) is 107 Å². The molecule has 3 aromatic carbocycles. The molecule has 6 heteroatoms. The van der Waals surface area contributed by atoms with Gasteiger partial charge in [-0.15, -0.1) is 0 Å². The Labute approximate surface area is 198 Å². The van der Waals surface area contributed by atoms with E-state index in [1.807, 2.05) is 55.5 Å². The van der Waals surface area contributed by atoms with Gasteiger partial charge in [-0.2, -0.15) is 5.10 Å². The number of H-pyrrole nitrogens is 2. The van der Waals surface area contributed by atoms with E-state index in [1.165, 1.54) is 11.1 Å². The van der Waals surface area contributed by atoms with Crippen molar-refractivity contribution >= 4 is 16.7 Å². The zero-order valence-corrected chi connectivity index (χ0v) is 19.3. The molecule has 3 N–H and O–H groups in total. The first kappa shape index (κ1) is 21.8. The Hall–Kier alpha value is -4.03. The summed E-state index contributed by atoms with van der Waals surface area (Å²) < 4.78 is 0. The van der Waals surface area contributed by atoms with Crippen molar-refractivity contribution in [1.82, 2.24) is 25.5 Å². The van der Waals surface area contributed by atoms with Crippen LogP contribution in [-0.4, -0.2) is 32.5 Å². The van der Waals surface area contributed by atoms with E-state index in [0.717, 1.165) is 34.3 Å². The number of rotatable bonds is 8. The van der Waals surface area contributed by atoms with Crippen LogP contribution < -0.4 is 5.32 Å². The summed E-state index contributed by atoms with van der Waals surface area (Å²) in [5.74, 6) is 1.45. The molecule has 34 heavy (non-hydrogen) atoms. The number of carbonyl (C=O) groups is 1. The molecule has 2 aromatic heterocycles. The SMILES string of the molecule is Cc1ccc(CCN[C@@H](C(=O)c2c[nH]c3cc(-c4n[nH]c(C)n4)ccc23)c2ccccc2)cc1. The Morgan fingerprint density at radius 3 is 2.53 bits per heavy atom. The van der Waals surface area contributed by atoms with Gasteiger partial charge in [0.15, 0.2) is 11.6 Å². The van der Waals surface area contributed by atoms with E-state index in [9.17, 15) is 4.79 Å². The second-order valence-corrected chi connectivity index (χ2v) is 8.60. The number of fused-ring (bicyclic) bond motifs is 1. The smallest absolute Gasteiger partial charge is 0.186 e. The summed E-state index contributed by atoms with van der Waals surface area (Å²) in [4.78, 5) is 21.4. The molecule has 0 bridgehead atoms. The highest BCUT2D eigenvalue weighted by Crippen LogP contribution is 2.28. The minimum absolute atomic E-state index is 0.0443. The van der Waals surface area contributed by atoms with Crippen LogP contribution in [0, 0.1) is 13.8 Å². The maximum Gasteiger partial charge on any atom is 0.186 e. The molecule has 0 saturated carbocycles. The summed E-state index contributed by atoms with van der Waals surface area (Å²) in [6.07, 6.45) is 2.65. The second-order valence-electron chi connectivity index (χ2n) is 8.60. The first-order valence-electron chi connectivity index (χ1n) is 11.5. The molecule has 0 fully saturated rings. The monoisotopic (exact) mass is 449 g/mol. The summed E-state index contributed by atoms with van der Waals surface area (Å²) in [5, 5.41) is 11.5. The Balaban J connectivity index is 1.40. The number of benzene rings is 3. The van der Waals surface area contributed by atoms with E-state index >= 15 is 0 Å². The highest BCUT2D eigenvalue weighted by Gasteiger charge is 2.24. The largest absolute Gasteiger partial charge is 0.360 e. The van der Waals surface area contributed by atoms with Crippen LogP contribution in [-0.2, 0) is 6.42 Å². The highest BCUT2D eigenvalue weighted by atomic mass is 16.1. The number of carbonyl (C=O) groups excluding carboxylic acids is 1. The molecule has 170 valence electrons. The van der Waals surface area contributed by atoms with Crippen LogP contribution in [0.25, 0.3) is 22.3 Å². The van der Waals surface area contributed by atoms with Crippen molar-refractivity contribution in [1.29, 1.82) is 0 Å². The minimum Gasteiger partial charge on any atom is -0.360 e. The molecule has 0 aliphatic rings. The fourth-order valence-electron chi connectivity index (χ4n) is 4.22. The number of hydrogen-bond acceptors (Lipinski definition) is 4. The van der Waals surface area contributed by atoms with Gasteiger partial charge in [0.1, 0.15) is 5.82 Å². The molecule has 6 nitrogen and oxygen atoms in total. The molecule has 5 rings (SSSR count). The Morgan fingerprint density at radius 1 is 1.00 bits per heavy atom. The van der Waals surface area contributed by atoms with Gasteiger partial charge >= 0.3 is 0 Å². The van der Waals surface area contributed by atoms with Gasteiger partial charge in [-0.25, -0.2) is 4.98 Å². The van der Waals surface area contributed by atoms with Crippen LogP contribution >= 0.6 is 0 Å². The van der Waals surface area contributed by atoms with Crippen molar-refractivity contribution in [3.63, 3.8) is 0 Å². The lowest BCUT2D eigenvalue weighted by atomic mass is 9.96. The lowest BCUT2D eigenvalue weighted by molar-refractivity contribution is 0.0945. The van der Waals surface area contributed by atoms with Crippen molar-refractivity contribution in [2.24, 2.45) is 0 Å². The van der Waals surface area contributed by atoms with Gasteiger partial charge in [-0.1, -0.05) is 72.3 Å². The van der Waals surface area contributed by atoms with E-state index in [4.69, 9.17) is 0 Å². The molecule has 0 aliphatic carbocycles. The quantitative estimate of drug-likeness (QED) is 0.280. The van der Waals surface area contributed by atoms with Crippen LogP contribution in [0.15, 0.2) is 79.0 Å². The molecule has 2 heterocycles. The van der Waals surface area contributed by atoms with Gasteiger partial charge in [0.05, 0.1) is 6.04 Å². The summed E-state index contributed by atoms with van der Waals surface area (Å²) in [5.41, 5.74) is 5.90. The van der Waals surface area contributed by atoms with Crippen LogP contribution in [0.1, 0.15) is 38.9 Å². The predicted octanol–water partition coefficient (Wildman–Crippen LogP) is 5.33. The van der Waals surface area contributed by atoms with E-state index < -0.39 is 6.04 Å². The molecule has 0 unspecified atom stereocenters. The molecule has 0 saturated heterocycles. The van der Waals surface area contributed by atoms with Crippen LogP contribution in [0.2, 0.25) is 0 Å². The third-order valence-electron chi connectivity index (χ3n) is 6.08. The molecule has 0 amide bonds. The standard InChI is InChI=1S/C28H27N5O/c1-18-8-10-20(11-9-18)14-15-29-26(21-6-4-3-5-7-21)27(34)24-17-30-25-16-22(12-13-23(24)25)28-31-19(2)32-33-28/h3-13,16-17,26,29-30H,14-15H2,1-2H3,(H,31,32,33)/t26-/m1/s1. The number of nitrogens with zero attached hydrogens (tertiary/aromatic N) is 2. The fraction of sp³-hybridized carbons (Fsp3) is 0.179. The summed E-state index contributed by atoms with van der Waals surface area (Å²) in [7, 11) is 0. The number of aromatic amines is 2. The molecule has 1 atom stereocenters. The molecule has 0 aliphatic heterocycles. The van der Waals surface area contributed by atoms with Gasteiger partial charge in [-0.05, 0) is 37.5 Å². The van der Waals surface area contributed by atoms with E-state index in [2.05, 4.69) is 56.7 Å². The minimum atomic E-state index is -0.430. The lowest BCUT2D eigenvalue weighted by Gasteiger charge is -2.18. The summed E-state index contributed by atoms with van der Waals surface area (Å²) in [6.45, 7) is 4.66. The maximum atomic E-state index is 13.8. The third-order valence-corrected chi connectivity index (χ3v) is 6.08. The van der Waals surface area contributed by atoms with Crippen LogP contribution in [0.5, 0.6) is 0 Å². The van der Waals surface area contributed by atoms with Crippen molar-refractivity contribution in [3.8, 4) is 11.4 Å². The van der Waals surface area contributed by atoms with E-state index in [0.29, 0.717) is 17.9 Å². The number of ketones is 1. The third kappa shape index (κ3) is 4.54. The number of hydrogen-bond donors (Lipinski definition) is 3. The van der Waals surface area contributed by atoms with Gasteiger partial charge in [0.25, 0.3) is 0 Å². The van der Waals surface area contributed by atoms with Gasteiger partial charge < -0.3 is 10.3 Å². The molecular formula is C28H27N5O. The topological polar surface area (TPSA) is 86.5 Å². The van der Waals surface area contributed by atoms with Crippen molar-refractivity contribution in [2.75, 3.05) is 6.54 Å².